The molecule has 21 N–H and O–H groups in total. The minimum absolute atomic E-state index is 0.00638. The number of hydrogen-bond donors (Lipinski definition) is 16. The second-order valence-electron chi connectivity index (χ2n) is 18.7. The fourth-order valence-electron chi connectivity index (χ4n) is 7.22. The normalized spacial score (nSPS) is 14.8. The number of carbonyl (C=O) groups excluding carboxylic acids is 10. The SMILES string of the molecule is CCNC(=O)C(NC(=O)[C@H](CCN)NC(=O)[C@H](CCN)NC(=O)[C@H](CC(C)C)NC(=O)[C@@H](Cc1ccccc1)NC(=O)[C@H](CCN)NC(=O)CNC(=O)[C@H](CCN)NC(=O)CNC(=O)CC[C@@H](N)C(C)C)C(C)O. The second-order valence-corrected chi connectivity index (χ2v) is 18.7. The highest BCUT2D eigenvalue weighted by Gasteiger charge is 2.34. The molecule has 0 saturated heterocycles. The number of nitrogens with one attached hydrogen (secondary N) is 10. The minimum atomic E-state index is -1.34. The number of aliphatic hydroxyl groups is 1. The van der Waals surface area contributed by atoms with Gasteiger partial charge in [-0.3, -0.25) is 47.9 Å². The lowest BCUT2D eigenvalue weighted by atomic mass is 10.00. The molecule has 418 valence electrons. The van der Waals surface area contributed by atoms with Crippen molar-refractivity contribution in [3.8, 4) is 0 Å². The maximum absolute atomic E-state index is 14.2. The van der Waals surface area contributed by atoms with Gasteiger partial charge in [-0.25, -0.2) is 0 Å². The summed E-state index contributed by atoms with van der Waals surface area (Å²) < 4.78 is 0. The van der Waals surface area contributed by atoms with E-state index in [1.165, 1.54) is 6.92 Å². The molecule has 0 radical (unpaired) electrons. The Morgan fingerprint density at radius 3 is 1.36 bits per heavy atom. The highest BCUT2D eigenvalue weighted by molar-refractivity contribution is 5.98. The van der Waals surface area contributed by atoms with Crippen LogP contribution in [0.4, 0.5) is 0 Å². The van der Waals surface area contributed by atoms with Crippen molar-refractivity contribution in [2.24, 2.45) is 40.5 Å². The lowest BCUT2D eigenvalue weighted by Gasteiger charge is -2.28. The molecule has 0 heterocycles. The van der Waals surface area contributed by atoms with Crippen LogP contribution in [-0.4, -0.2) is 164 Å². The lowest BCUT2D eigenvalue weighted by molar-refractivity contribution is -0.136. The first-order valence-electron chi connectivity index (χ1n) is 25.2. The Bertz CT molecular complexity index is 1960. The molecule has 0 aliphatic carbocycles. The van der Waals surface area contributed by atoms with Crippen LogP contribution in [0.25, 0.3) is 0 Å². The number of carbonyl (C=O) groups is 10. The summed E-state index contributed by atoms with van der Waals surface area (Å²) in [6.07, 6.45) is -1.05. The second kappa shape index (κ2) is 35.8. The van der Waals surface area contributed by atoms with E-state index >= 15 is 0 Å². The third-order valence-corrected chi connectivity index (χ3v) is 11.5. The van der Waals surface area contributed by atoms with Crippen molar-refractivity contribution in [3.05, 3.63) is 35.9 Å². The van der Waals surface area contributed by atoms with Crippen LogP contribution >= 0.6 is 0 Å². The van der Waals surface area contributed by atoms with Crippen molar-refractivity contribution >= 4 is 59.1 Å². The monoisotopic (exact) mass is 1050 g/mol. The van der Waals surface area contributed by atoms with E-state index in [2.05, 4.69) is 53.2 Å². The third-order valence-electron chi connectivity index (χ3n) is 11.5. The predicted molar refractivity (Wildman–Crippen MR) is 276 cm³/mol. The van der Waals surface area contributed by atoms with Crippen LogP contribution in [-0.2, 0) is 54.4 Å². The highest BCUT2D eigenvalue weighted by atomic mass is 16.3. The predicted octanol–water partition coefficient (Wildman–Crippen LogP) is -5.42. The Morgan fingerprint density at radius 1 is 0.486 bits per heavy atom. The molecule has 0 saturated carbocycles. The van der Waals surface area contributed by atoms with Crippen molar-refractivity contribution in [2.75, 3.05) is 45.8 Å². The van der Waals surface area contributed by atoms with Gasteiger partial charge < -0.3 is 86.9 Å². The molecule has 1 aromatic carbocycles. The lowest BCUT2D eigenvalue weighted by Crippen LogP contribution is -2.61. The van der Waals surface area contributed by atoms with Gasteiger partial charge in [-0.05, 0) is 96.0 Å². The fourth-order valence-corrected chi connectivity index (χ4v) is 7.22. The molecule has 0 fully saturated rings. The molecular weight excluding hydrogens is 963 g/mol. The van der Waals surface area contributed by atoms with Gasteiger partial charge in [-0.2, -0.15) is 0 Å². The van der Waals surface area contributed by atoms with Crippen LogP contribution in [0.3, 0.4) is 0 Å². The van der Waals surface area contributed by atoms with E-state index in [4.69, 9.17) is 28.7 Å². The summed E-state index contributed by atoms with van der Waals surface area (Å²) in [5, 5.41) is 35.6. The van der Waals surface area contributed by atoms with Crippen LogP contribution in [0.2, 0.25) is 0 Å². The van der Waals surface area contributed by atoms with Crippen molar-refractivity contribution in [1.29, 1.82) is 0 Å². The van der Waals surface area contributed by atoms with Gasteiger partial charge in [0.25, 0.3) is 0 Å². The Morgan fingerprint density at radius 2 is 0.905 bits per heavy atom. The molecule has 0 aromatic heterocycles. The largest absolute Gasteiger partial charge is 0.391 e. The van der Waals surface area contributed by atoms with Gasteiger partial charge in [0.2, 0.25) is 59.1 Å². The molecule has 26 heteroatoms. The first-order chi connectivity index (χ1) is 35.0. The van der Waals surface area contributed by atoms with Gasteiger partial charge in [0.1, 0.15) is 42.3 Å². The van der Waals surface area contributed by atoms with Gasteiger partial charge in [0.05, 0.1) is 19.2 Å². The van der Waals surface area contributed by atoms with E-state index in [0.717, 1.165) is 0 Å². The summed E-state index contributed by atoms with van der Waals surface area (Å²) in [5.74, 6) is -7.35. The number of aliphatic hydroxyl groups excluding tert-OH is 1. The molecule has 2 unspecified atom stereocenters. The first-order valence-corrected chi connectivity index (χ1v) is 25.2. The number of nitrogens with two attached hydrogens (primary N) is 5. The molecule has 74 heavy (non-hydrogen) atoms. The average molecular weight is 1050 g/mol. The van der Waals surface area contributed by atoms with E-state index in [1.807, 2.05) is 13.8 Å². The van der Waals surface area contributed by atoms with Crippen molar-refractivity contribution in [3.63, 3.8) is 0 Å². The summed E-state index contributed by atoms with van der Waals surface area (Å²) in [5.41, 5.74) is 29.7. The molecular formula is C48H85N15O11. The van der Waals surface area contributed by atoms with Crippen molar-refractivity contribution < 1.29 is 53.1 Å². The first kappa shape index (κ1) is 65.7. The van der Waals surface area contributed by atoms with Crippen LogP contribution in [0.5, 0.6) is 0 Å². The number of likely N-dealkylation sites (N-methyl/N-ethyl adjacent to an activating group) is 1. The quantitative estimate of drug-likeness (QED) is 0.0298. The number of amides is 10. The third kappa shape index (κ3) is 25.6. The standard InChI is InChI=1S/C48H85N15O11/c1-7-54-48(74)41(29(6)64)63-45(71)35(18-22-52)59-44(70)34(17-21-51)60-46(72)36(23-27(2)3)61-47(73)37(24-30-11-9-8-10-12-30)62-43(69)33(16-20-50)58-40(67)26-56-42(68)32(15-19-49)57-39(66)25-55-38(65)14-13-31(53)28(4)5/h8-12,27-29,31-37,41,64H,7,13-26,49-53H2,1-6H3,(H,54,74)(H,55,65)(H,56,68)(H,57,66)(H,58,67)(H,59,70)(H,60,72)(H,61,73)(H,62,69)(H,63,71)/t29?,31-,32+,33+,34+,35+,36+,37-,41?/m1/s1. The molecule has 26 nitrogen and oxygen atoms in total. The van der Waals surface area contributed by atoms with Crippen LogP contribution in [0.15, 0.2) is 30.3 Å². The highest BCUT2D eigenvalue weighted by Crippen LogP contribution is 2.11. The van der Waals surface area contributed by atoms with E-state index in [1.54, 1.807) is 51.1 Å². The molecule has 0 aliphatic heterocycles. The zero-order chi connectivity index (χ0) is 55.9. The van der Waals surface area contributed by atoms with Gasteiger partial charge in [-0.15, -0.1) is 0 Å². The van der Waals surface area contributed by atoms with Crippen LogP contribution in [0.1, 0.15) is 92.1 Å². The summed E-state index contributed by atoms with van der Waals surface area (Å²) in [7, 11) is 0. The molecule has 0 spiro atoms. The Balaban J connectivity index is 3.22. The van der Waals surface area contributed by atoms with Gasteiger partial charge in [0, 0.05) is 25.4 Å². The molecule has 1 rings (SSSR count). The summed E-state index contributed by atoms with van der Waals surface area (Å²) >= 11 is 0. The minimum Gasteiger partial charge on any atom is -0.391 e. The molecule has 1 aromatic rings. The van der Waals surface area contributed by atoms with Crippen molar-refractivity contribution in [2.45, 2.75) is 147 Å². The van der Waals surface area contributed by atoms with Gasteiger partial charge >= 0.3 is 0 Å². The molecule has 9 atom stereocenters. The molecule has 0 aliphatic rings. The number of benzene rings is 1. The maximum atomic E-state index is 14.2. The number of rotatable bonds is 36. The smallest absolute Gasteiger partial charge is 0.245 e. The van der Waals surface area contributed by atoms with E-state index < -0.39 is 121 Å². The zero-order valence-corrected chi connectivity index (χ0v) is 43.8. The molecule has 10 amide bonds. The average Bonchev–Trinajstić information content (AvgIpc) is 3.34. The summed E-state index contributed by atoms with van der Waals surface area (Å²) in [4.78, 5) is 133. The summed E-state index contributed by atoms with van der Waals surface area (Å²) in [6, 6.07) is -0.594. The van der Waals surface area contributed by atoms with E-state index in [0.29, 0.717) is 12.0 Å². The topological polar surface area (TPSA) is 441 Å². The van der Waals surface area contributed by atoms with E-state index in [-0.39, 0.29) is 95.5 Å². The van der Waals surface area contributed by atoms with Gasteiger partial charge in [-0.1, -0.05) is 58.0 Å². The van der Waals surface area contributed by atoms with Crippen molar-refractivity contribution in [1.82, 2.24) is 53.2 Å². The van der Waals surface area contributed by atoms with Crippen LogP contribution < -0.4 is 81.8 Å². The molecule has 0 bridgehead atoms. The van der Waals surface area contributed by atoms with E-state index in [9.17, 15) is 53.1 Å². The van der Waals surface area contributed by atoms with Gasteiger partial charge in [0.15, 0.2) is 0 Å². The Hall–Kier alpha value is -6.32. The Kier molecular flexibility index (Phi) is 31.8. The zero-order valence-electron chi connectivity index (χ0n) is 43.8. The Labute approximate surface area is 433 Å². The van der Waals surface area contributed by atoms with Crippen LogP contribution in [0, 0.1) is 11.8 Å². The fraction of sp³-hybridized carbons (Fsp3) is 0.667. The summed E-state index contributed by atoms with van der Waals surface area (Å²) in [6.45, 7) is 9.35. The maximum Gasteiger partial charge on any atom is 0.245 e. The number of hydrogen-bond acceptors (Lipinski definition) is 16.